The second-order valence-corrected chi connectivity index (χ2v) is 9.04. The van der Waals surface area contributed by atoms with E-state index in [0.717, 1.165) is 30.0 Å². The Hall–Kier alpha value is -2.68. The second kappa shape index (κ2) is 10.6. The molecule has 0 unspecified atom stereocenters. The maximum absolute atomic E-state index is 12.6. The van der Waals surface area contributed by atoms with Crippen LogP contribution in [0.2, 0.25) is 0 Å². The van der Waals surface area contributed by atoms with Gasteiger partial charge in [0.05, 0.1) is 29.5 Å². The van der Waals surface area contributed by atoms with E-state index in [2.05, 4.69) is 10.2 Å². The number of rotatable bonds is 8. The standard InChI is InChI=1S/C23H29N3O4S/c1-3-26(4-2)31(28,29)20-12-9-19(10-13-20)11-14-23(27)24-21-7-5-6-8-22(21)25-15-17-30-18-16-25/h5-14H,3-4,15-18H2,1-2H3,(H,24,27)/b14-11+. The molecule has 0 radical (unpaired) electrons. The highest BCUT2D eigenvalue weighted by Crippen LogP contribution is 2.26. The van der Waals surface area contributed by atoms with E-state index >= 15 is 0 Å². The number of nitrogens with one attached hydrogen (secondary N) is 1. The normalized spacial score (nSPS) is 14.9. The molecule has 1 heterocycles. The molecule has 0 spiro atoms. The number of nitrogens with zero attached hydrogens (tertiary/aromatic N) is 2. The number of benzene rings is 2. The molecule has 1 saturated heterocycles. The zero-order valence-corrected chi connectivity index (χ0v) is 18.8. The van der Waals surface area contributed by atoms with E-state index in [4.69, 9.17) is 4.74 Å². The lowest BCUT2D eigenvalue weighted by Gasteiger charge is -2.30. The summed E-state index contributed by atoms with van der Waals surface area (Å²) in [5.41, 5.74) is 2.47. The Balaban J connectivity index is 1.67. The lowest BCUT2D eigenvalue weighted by Crippen LogP contribution is -2.36. The van der Waals surface area contributed by atoms with Crippen molar-refractivity contribution in [3.63, 3.8) is 0 Å². The van der Waals surface area contributed by atoms with E-state index in [1.807, 2.05) is 38.1 Å². The van der Waals surface area contributed by atoms with E-state index in [9.17, 15) is 13.2 Å². The largest absolute Gasteiger partial charge is 0.378 e. The lowest BCUT2D eigenvalue weighted by atomic mass is 10.2. The molecule has 1 aliphatic heterocycles. The van der Waals surface area contributed by atoms with Crippen molar-refractivity contribution in [3.05, 3.63) is 60.2 Å². The van der Waals surface area contributed by atoms with Gasteiger partial charge in [-0.2, -0.15) is 4.31 Å². The number of sulfonamides is 1. The van der Waals surface area contributed by atoms with Crippen molar-refractivity contribution in [1.82, 2.24) is 4.31 Å². The fraction of sp³-hybridized carbons (Fsp3) is 0.348. The van der Waals surface area contributed by atoms with Gasteiger partial charge in [-0.3, -0.25) is 4.79 Å². The molecule has 166 valence electrons. The molecular weight excluding hydrogens is 414 g/mol. The van der Waals surface area contributed by atoms with Gasteiger partial charge in [-0.15, -0.1) is 0 Å². The van der Waals surface area contributed by atoms with Gasteiger partial charge in [-0.25, -0.2) is 8.42 Å². The van der Waals surface area contributed by atoms with E-state index in [1.165, 1.54) is 10.4 Å². The molecule has 0 saturated carbocycles. The molecule has 0 aliphatic carbocycles. The Morgan fingerprint density at radius 3 is 2.35 bits per heavy atom. The SMILES string of the molecule is CCN(CC)S(=O)(=O)c1ccc(/C=C/C(=O)Nc2ccccc2N2CCOCC2)cc1. The van der Waals surface area contributed by atoms with Gasteiger partial charge in [0.2, 0.25) is 15.9 Å². The van der Waals surface area contributed by atoms with E-state index < -0.39 is 10.0 Å². The molecule has 0 atom stereocenters. The summed E-state index contributed by atoms with van der Waals surface area (Å²) < 4.78 is 32.0. The van der Waals surface area contributed by atoms with Gasteiger partial charge in [-0.1, -0.05) is 38.1 Å². The van der Waals surface area contributed by atoms with Gasteiger partial charge in [0, 0.05) is 32.3 Å². The predicted octanol–water partition coefficient (Wildman–Crippen LogP) is 3.21. The minimum Gasteiger partial charge on any atom is -0.378 e. The molecule has 2 aromatic carbocycles. The van der Waals surface area contributed by atoms with Crippen LogP contribution in [0.1, 0.15) is 19.4 Å². The number of hydrogen-bond donors (Lipinski definition) is 1. The van der Waals surface area contributed by atoms with Crippen LogP contribution in [0, 0.1) is 0 Å². The summed E-state index contributed by atoms with van der Waals surface area (Å²) in [6, 6.07) is 14.2. The molecule has 1 aliphatic rings. The first-order valence-electron chi connectivity index (χ1n) is 10.5. The maximum Gasteiger partial charge on any atom is 0.248 e. The molecule has 8 heteroatoms. The second-order valence-electron chi connectivity index (χ2n) is 7.10. The van der Waals surface area contributed by atoms with Gasteiger partial charge in [0.1, 0.15) is 0 Å². The third kappa shape index (κ3) is 5.72. The first kappa shape index (κ1) is 23.0. The molecule has 31 heavy (non-hydrogen) atoms. The third-order valence-electron chi connectivity index (χ3n) is 5.16. The van der Waals surface area contributed by atoms with Crippen LogP contribution in [0.25, 0.3) is 6.08 Å². The summed E-state index contributed by atoms with van der Waals surface area (Å²) in [5, 5.41) is 2.93. The van der Waals surface area contributed by atoms with E-state index in [1.54, 1.807) is 30.3 Å². The maximum atomic E-state index is 12.6. The summed E-state index contributed by atoms with van der Waals surface area (Å²) in [5.74, 6) is -0.249. The molecular formula is C23H29N3O4S. The average molecular weight is 444 g/mol. The van der Waals surface area contributed by atoms with Crippen molar-refractivity contribution >= 4 is 33.4 Å². The van der Waals surface area contributed by atoms with Gasteiger partial charge >= 0.3 is 0 Å². The Labute approximate surface area is 184 Å². The Kier molecular flexibility index (Phi) is 7.84. The molecule has 0 bridgehead atoms. The zero-order valence-electron chi connectivity index (χ0n) is 18.0. The number of para-hydroxylation sites is 2. The number of carbonyl (C=O) groups is 1. The van der Waals surface area contributed by atoms with Crippen molar-refractivity contribution < 1.29 is 17.9 Å². The highest BCUT2D eigenvalue weighted by molar-refractivity contribution is 7.89. The summed E-state index contributed by atoms with van der Waals surface area (Å²) in [6.45, 7) is 7.38. The van der Waals surface area contributed by atoms with Crippen molar-refractivity contribution in [3.8, 4) is 0 Å². The van der Waals surface area contributed by atoms with E-state index in [-0.39, 0.29) is 10.8 Å². The average Bonchev–Trinajstić information content (AvgIpc) is 2.79. The van der Waals surface area contributed by atoms with Crippen LogP contribution in [0.3, 0.4) is 0 Å². The lowest BCUT2D eigenvalue weighted by molar-refractivity contribution is -0.111. The molecule has 1 fully saturated rings. The highest BCUT2D eigenvalue weighted by Gasteiger charge is 2.21. The Morgan fingerprint density at radius 2 is 1.71 bits per heavy atom. The third-order valence-corrected chi connectivity index (χ3v) is 7.23. The van der Waals surface area contributed by atoms with Crippen LogP contribution in [0.5, 0.6) is 0 Å². The summed E-state index contributed by atoms with van der Waals surface area (Å²) in [4.78, 5) is 14.9. The van der Waals surface area contributed by atoms with Crippen LogP contribution >= 0.6 is 0 Å². The summed E-state index contributed by atoms with van der Waals surface area (Å²) in [7, 11) is -3.49. The molecule has 3 rings (SSSR count). The van der Waals surface area contributed by atoms with Crippen LogP contribution in [-0.4, -0.2) is 58.0 Å². The van der Waals surface area contributed by atoms with Crippen LogP contribution < -0.4 is 10.2 Å². The van der Waals surface area contributed by atoms with Gasteiger partial charge in [0.15, 0.2) is 0 Å². The first-order chi connectivity index (χ1) is 15.0. The summed E-state index contributed by atoms with van der Waals surface area (Å²) >= 11 is 0. The van der Waals surface area contributed by atoms with Gasteiger partial charge < -0.3 is 15.0 Å². The fourth-order valence-electron chi connectivity index (χ4n) is 3.47. The monoisotopic (exact) mass is 443 g/mol. The topological polar surface area (TPSA) is 79.0 Å². The van der Waals surface area contributed by atoms with Crippen LogP contribution in [0.15, 0.2) is 59.5 Å². The predicted molar refractivity (Wildman–Crippen MR) is 124 cm³/mol. The van der Waals surface area contributed by atoms with E-state index in [0.29, 0.717) is 26.3 Å². The number of anilines is 2. The minimum atomic E-state index is -3.49. The molecule has 7 nitrogen and oxygen atoms in total. The Morgan fingerprint density at radius 1 is 1.06 bits per heavy atom. The van der Waals surface area contributed by atoms with Crippen LogP contribution in [0.4, 0.5) is 11.4 Å². The van der Waals surface area contributed by atoms with Crippen molar-refractivity contribution in [1.29, 1.82) is 0 Å². The first-order valence-corrected chi connectivity index (χ1v) is 11.9. The fourth-order valence-corrected chi connectivity index (χ4v) is 4.93. The van der Waals surface area contributed by atoms with Gasteiger partial charge in [-0.05, 0) is 35.9 Å². The molecule has 0 aromatic heterocycles. The molecule has 1 amide bonds. The van der Waals surface area contributed by atoms with Crippen molar-refractivity contribution in [2.24, 2.45) is 0 Å². The smallest absolute Gasteiger partial charge is 0.248 e. The van der Waals surface area contributed by atoms with Crippen LogP contribution in [-0.2, 0) is 19.6 Å². The van der Waals surface area contributed by atoms with Gasteiger partial charge in [0.25, 0.3) is 0 Å². The van der Waals surface area contributed by atoms with Crippen molar-refractivity contribution in [2.75, 3.05) is 49.6 Å². The van der Waals surface area contributed by atoms with Crippen molar-refractivity contribution in [2.45, 2.75) is 18.7 Å². The highest BCUT2D eigenvalue weighted by atomic mass is 32.2. The quantitative estimate of drug-likeness (QED) is 0.634. The Bertz CT molecular complexity index is 1010. The number of morpholine rings is 1. The number of amides is 1. The minimum absolute atomic E-state index is 0.247. The summed E-state index contributed by atoms with van der Waals surface area (Å²) in [6.07, 6.45) is 3.12. The number of hydrogen-bond acceptors (Lipinski definition) is 5. The number of carbonyl (C=O) groups excluding carboxylic acids is 1. The number of ether oxygens (including phenoxy) is 1. The molecule has 2 aromatic rings. The molecule has 1 N–H and O–H groups in total. The zero-order chi connectivity index (χ0) is 22.3.